The van der Waals surface area contributed by atoms with Gasteiger partial charge in [0.15, 0.2) is 0 Å². The van der Waals surface area contributed by atoms with Gasteiger partial charge in [-0.25, -0.2) is 0 Å². The molecule has 6 heteroatoms. The first kappa shape index (κ1) is 12.4. The SMILES string of the molecule is CCOC(=O)Cn1nc(Br)c2cc(Cl)ccc21. The number of aromatic nitrogens is 2. The van der Waals surface area contributed by atoms with E-state index in [-0.39, 0.29) is 12.5 Å². The minimum Gasteiger partial charge on any atom is -0.465 e. The molecule has 0 aliphatic carbocycles. The van der Waals surface area contributed by atoms with Gasteiger partial charge >= 0.3 is 5.97 Å². The van der Waals surface area contributed by atoms with E-state index in [1.165, 1.54) is 0 Å². The fraction of sp³-hybridized carbons (Fsp3) is 0.273. The van der Waals surface area contributed by atoms with Crippen molar-refractivity contribution in [3.05, 3.63) is 27.8 Å². The lowest BCUT2D eigenvalue weighted by Crippen LogP contribution is -2.14. The largest absolute Gasteiger partial charge is 0.465 e. The van der Waals surface area contributed by atoms with Gasteiger partial charge < -0.3 is 4.74 Å². The average Bonchev–Trinajstić information content (AvgIpc) is 2.56. The highest BCUT2D eigenvalue weighted by Gasteiger charge is 2.12. The molecule has 0 unspecified atom stereocenters. The number of nitrogens with zero attached hydrogens (tertiary/aromatic N) is 2. The van der Waals surface area contributed by atoms with Crippen LogP contribution in [0.25, 0.3) is 10.9 Å². The fourth-order valence-electron chi connectivity index (χ4n) is 1.56. The molecule has 1 aromatic heterocycles. The normalized spacial score (nSPS) is 10.8. The zero-order chi connectivity index (χ0) is 12.4. The van der Waals surface area contributed by atoms with Crippen molar-refractivity contribution in [1.82, 2.24) is 9.78 Å². The second kappa shape index (κ2) is 5.06. The summed E-state index contributed by atoms with van der Waals surface area (Å²) < 4.78 is 7.14. The van der Waals surface area contributed by atoms with Crippen LogP contribution in [0.2, 0.25) is 5.02 Å². The number of hydrogen-bond donors (Lipinski definition) is 0. The van der Waals surface area contributed by atoms with Gasteiger partial charge in [0, 0.05) is 10.4 Å². The van der Waals surface area contributed by atoms with Crippen molar-refractivity contribution in [3.8, 4) is 0 Å². The third-order valence-corrected chi connectivity index (χ3v) is 3.07. The first-order valence-electron chi connectivity index (χ1n) is 5.09. The molecule has 90 valence electrons. The van der Waals surface area contributed by atoms with Crippen LogP contribution in [-0.4, -0.2) is 22.4 Å². The maximum atomic E-state index is 11.4. The zero-order valence-electron chi connectivity index (χ0n) is 9.11. The van der Waals surface area contributed by atoms with E-state index in [4.69, 9.17) is 16.3 Å². The van der Waals surface area contributed by atoms with E-state index in [0.717, 1.165) is 10.9 Å². The van der Waals surface area contributed by atoms with Gasteiger partial charge in [-0.1, -0.05) is 11.6 Å². The summed E-state index contributed by atoms with van der Waals surface area (Å²) in [6.07, 6.45) is 0. The van der Waals surface area contributed by atoms with Crippen LogP contribution in [0.5, 0.6) is 0 Å². The maximum absolute atomic E-state index is 11.4. The molecule has 2 rings (SSSR count). The van der Waals surface area contributed by atoms with Gasteiger partial charge in [0.2, 0.25) is 0 Å². The minimum absolute atomic E-state index is 0.0948. The van der Waals surface area contributed by atoms with Gasteiger partial charge in [0.05, 0.1) is 12.1 Å². The molecule has 0 radical (unpaired) electrons. The highest BCUT2D eigenvalue weighted by molar-refractivity contribution is 9.10. The number of hydrogen-bond acceptors (Lipinski definition) is 3. The Kier molecular flexibility index (Phi) is 3.69. The van der Waals surface area contributed by atoms with Crippen LogP contribution in [0, 0.1) is 0 Å². The number of rotatable bonds is 3. The van der Waals surface area contributed by atoms with E-state index in [0.29, 0.717) is 16.2 Å². The van der Waals surface area contributed by atoms with Crippen molar-refractivity contribution >= 4 is 44.4 Å². The van der Waals surface area contributed by atoms with E-state index in [9.17, 15) is 4.79 Å². The van der Waals surface area contributed by atoms with Gasteiger partial charge in [-0.05, 0) is 41.1 Å². The van der Waals surface area contributed by atoms with Crippen molar-refractivity contribution in [2.75, 3.05) is 6.61 Å². The summed E-state index contributed by atoms with van der Waals surface area (Å²) in [5.41, 5.74) is 0.842. The fourth-order valence-corrected chi connectivity index (χ4v) is 2.24. The van der Waals surface area contributed by atoms with Gasteiger partial charge in [0.1, 0.15) is 11.1 Å². The molecule has 17 heavy (non-hydrogen) atoms. The summed E-state index contributed by atoms with van der Waals surface area (Å²) in [4.78, 5) is 11.4. The van der Waals surface area contributed by atoms with E-state index < -0.39 is 0 Å². The summed E-state index contributed by atoms with van der Waals surface area (Å²) in [6.45, 7) is 2.23. The first-order valence-corrected chi connectivity index (χ1v) is 6.26. The third kappa shape index (κ3) is 2.61. The van der Waals surface area contributed by atoms with Crippen LogP contribution in [0.3, 0.4) is 0 Å². The molecule has 0 aliphatic heterocycles. The molecule has 0 N–H and O–H groups in total. The van der Waals surface area contributed by atoms with E-state index in [1.807, 2.05) is 6.07 Å². The number of benzene rings is 1. The number of esters is 1. The quantitative estimate of drug-likeness (QED) is 0.817. The summed E-state index contributed by atoms with van der Waals surface area (Å²) in [5, 5.41) is 5.74. The van der Waals surface area contributed by atoms with Crippen LogP contribution in [0.4, 0.5) is 0 Å². The Hall–Kier alpha value is -1.07. The minimum atomic E-state index is -0.306. The number of ether oxygens (including phenoxy) is 1. The van der Waals surface area contributed by atoms with Crippen LogP contribution in [0.1, 0.15) is 6.92 Å². The van der Waals surface area contributed by atoms with Crippen molar-refractivity contribution in [1.29, 1.82) is 0 Å². The smallest absolute Gasteiger partial charge is 0.327 e. The molecule has 2 aromatic rings. The highest BCUT2D eigenvalue weighted by atomic mass is 79.9. The summed E-state index contributed by atoms with van der Waals surface area (Å²) in [7, 11) is 0. The number of fused-ring (bicyclic) bond motifs is 1. The van der Waals surface area contributed by atoms with Gasteiger partial charge in [0.25, 0.3) is 0 Å². The Bertz CT molecular complexity index is 568. The summed E-state index contributed by atoms with van der Waals surface area (Å²) in [6, 6.07) is 5.39. The topological polar surface area (TPSA) is 44.1 Å². The lowest BCUT2D eigenvalue weighted by atomic mass is 10.2. The Morgan fingerprint density at radius 3 is 3.06 bits per heavy atom. The van der Waals surface area contributed by atoms with Crippen LogP contribution in [-0.2, 0) is 16.1 Å². The molecule has 0 amide bonds. The second-order valence-electron chi connectivity index (χ2n) is 3.41. The molecule has 0 aliphatic rings. The Labute approximate surface area is 112 Å². The lowest BCUT2D eigenvalue weighted by Gasteiger charge is -2.03. The molecule has 4 nitrogen and oxygen atoms in total. The molecule has 0 fully saturated rings. The van der Waals surface area contributed by atoms with Crippen molar-refractivity contribution in [2.24, 2.45) is 0 Å². The van der Waals surface area contributed by atoms with Gasteiger partial charge in [-0.15, -0.1) is 0 Å². The molecule has 0 atom stereocenters. The Morgan fingerprint density at radius 1 is 1.59 bits per heavy atom. The number of halogens is 2. The molecular formula is C11H10BrClN2O2. The molecule has 1 aromatic carbocycles. The molecule has 1 heterocycles. The number of carbonyl (C=O) groups is 1. The predicted molar refractivity (Wildman–Crippen MR) is 69.1 cm³/mol. The lowest BCUT2D eigenvalue weighted by molar-refractivity contribution is -0.143. The average molecular weight is 318 g/mol. The molecule has 0 saturated heterocycles. The van der Waals surface area contributed by atoms with Gasteiger partial charge in [-0.3, -0.25) is 9.48 Å². The van der Waals surface area contributed by atoms with Crippen molar-refractivity contribution in [2.45, 2.75) is 13.5 Å². The highest BCUT2D eigenvalue weighted by Crippen LogP contribution is 2.26. The summed E-state index contributed by atoms with van der Waals surface area (Å²) in [5.74, 6) is -0.306. The Balaban J connectivity index is 2.38. The van der Waals surface area contributed by atoms with Crippen molar-refractivity contribution in [3.63, 3.8) is 0 Å². The van der Waals surface area contributed by atoms with E-state index in [1.54, 1.807) is 23.7 Å². The van der Waals surface area contributed by atoms with E-state index in [2.05, 4.69) is 21.0 Å². The Morgan fingerprint density at radius 2 is 2.35 bits per heavy atom. The van der Waals surface area contributed by atoms with Crippen LogP contribution >= 0.6 is 27.5 Å². The second-order valence-corrected chi connectivity index (χ2v) is 4.60. The van der Waals surface area contributed by atoms with Crippen LogP contribution < -0.4 is 0 Å². The molecular weight excluding hydrogens is 307 g/mol. The molecule has 0 bridgehead atoms. The summed E-state index contributed by atoms with van der Waals surface area (Å²) >= 11 is 9.24. The number of carbonyl (C=O) groups excluding carboxylic acids is 1. The van der Waals surface area contributed by atoms with E-state index >= 15 is 0 Å². The standard InChI is InChI=1S/C11H10BrClN2O2/c1-2-17-10(16)6-15-9-4-3-7(13)5-8(9)11(12)14-15/h3-5H,2,6H2,1H3. The van der Waals surface area contributed by atoms with Crippen LogP contribution in [0.15, 0.2) is 22.8 Å². The zero-order valence-corrected chi connectivity index (χ0v) is 11.5. The van der Waals surface area contributed by atoms with Gasteiger partial charge in [-0.2, -0.15) is 5.10 Å². The molecule has 0 saturated carbocycles. The molecule has 0 spiro atoms. The van der Waals surface area contributed by atoms with Crippen molar-refractivity contribution < 1.29 is 9.53 Å². The predicted octanol–water partition coefficient (Wildman–Crippen LogP) is 3.02. The first-order chi connectivity index (χ1) is 8.11. The maximum Gasteiger partial charge on any atom is 0.327 e. The monoisotopic (exact) mass is 316 g/mol. The third-order valence-electron chi connectivity index (χ3n) is 2.25.